The van der Waals surface area contributed by atoms with Crippen LogP contribution < -0.4 is 5.32 Å². The third kappa shape index (κ3) is 69.2. The van der Waals surface area contributed by atoms with Crippen molar-refractivity contribution >= 4 is 11.9 Å². The predicted molar refractivity (Wildman–Crippen MR) is 370 cm³/mol. The quantitative estimate of drug-likeness (QED) is 0.0320. The normalized spacial score (nSPS) is 12.7. The van der Waals surface area contributed by atoms with Crippen molar-refractivity contribution < 1.29 is 24.5 Å². The number of carbonyl (C=O) groups is 2. The summed E-state index contributed by atoms with van der Waals surface area (Å²) in [4.78, 5) is 24.6. The molecule has 0 rings (SSSR count). The number of nitrogens with one attached hydrogen (secondary N) is 1. The Hall–Kier alpha value is -1.92. The fraction of sp³-hybridized carbons (Fsp3) is 0.897. The fourth-order valence-electron chi connectivity index (χ4n) is 12.1. The zero-order chi connectivity index (χ0) is 60.6. The van der Waals surface area contributed by atoms with Crippen LogP contribution in [0.25, 0.3) is 0 Å². The van der Waals surface area contributed by atoms with E-state index in [0.29, 0.717) is 25.9 Å². The fourth-order valence-corrected chi connectivity index (χ4v) is 12.1. The Bertz CT molecular complexity index is 1360. The molecule has 6 nitrogen and oxygen atoms in total. The molecule has 2 unspecified atom stereocenters. The molecule has 0 saturated carbocycles. The Kier molecular flexibility index (Phi) is 71.9. The maximum atomic E-state index is 12.5. The molecule has 0 aromatic rings. The highest BCUT2D eigenvalue weighted by atomic mass is 16.5. The van der Waals surface area contributed by atoms with Gasteiger partial charge >= 0.3 is 5.97 Å². The van der Waals surface area contributed by atoms with Crippen molar-refractivity contribution in [3.05, 3.63) is 36.5 Å². The lowest BCUT2D eigenvalue weighted by atomic mass is 10.0. The van der Waals surface area contributed by atoms with E-state index in [1.54, 1.807) is 0 Å². The molecule has 84 heavy (non-hydrogen) atoms. The standard InChI is InChI=1S/C78H149NO5/c1-3-5-7-9-11-13-15-17-18-40-43-47-50-54-58-62-66-70-76(81)75(74-80)79-77(82)71-67-63-59-55-51-48-44-41-38-36-34-32-30-28-26-24-22-20-19-21-23-25-27-29-31-33-35-37-39-42-45-49-53-57-61-65-69-73-84-78(83)72-68-64-60-56-52-46-16-14-12-10-8-6-4-2/h8,10,14,16,19,21,75-76,80-81H,3-7,9,11-13,15,17-18,20,22-74H2,1-2H3,(H,79,82)/b10-8-,16-14-,21-19-. The summed E-state index contributed by atoms with van der Waals surface area (Å²) in [5.74, 6) is -0.0208. The van der Waals surface area contributed by atoms with E-state index in [0.717, 1.165) is 51.4 Å². The van der Waals surface area contributed by atoms with Crippen molar-refractivity contribution in [1.82, 2.24) is 5.32 Å². The summed E-state index contributed by atoms with van der Waals surface area (Å²) in [7, 11) is 0. The van der Waals surface area contributed by atoms with Crippen LogP contribution in [0.3, 0.4) is 0 Å². The van der Waals surface area contributed by atoms with E-state index < -0.39 is 12.1 Å². The average molecular weight is 1180 g/mol. The molecule has 0 aliphatic heterocycles. The van der Waals surface area contributed by atoms with E-state index in [9.17, 15) is 19.8 Å². The number of rotatable bonds is 72. The number of allylic oxidation sites excluding steroid dienone is 6. The maximum absolute atomic E-state index is 12.5. The number of hydrogen-bond donors (Lipinski definition) is 3. The van der Waals surface area contributed by atoms with Crippen molar-refractivity contribution in [2.45, 2.75) is 437 Å². The minimum absolute atomic E-state index is 0.00642. The van der Waals surface area contributed by atoms with Crippen molar-refractivity contribution in [2.24, 2.45) is 0 Å². The Labute approximate surface area is 525 Å². The van der Waals surface area contributed by atoms with Crippen LogP contribution in [0.5, 0.6) is 0 Å². The lowest BCUT2D eigenvalue weighted by Crippen LogP contribution is -2.45. The molecule has 0 aromatic carbocycles. The first-order chi connectivity index (χ1) is 41.5. The number of amides is 1. The highest BCUT2D eigenvalue weighted by Gasteiger charge is 2.20. The Balaban J connectivity index is 3.33. The molecule has 0 fully saturated rings. The van der Waals surface area contributed by atoms with E-state index >= 15 is 0 Å². The number of unbranched alkanes of at least 4 members (excludes halogenated alkanes) is 55. The Morgan fingerprint density at radius 3 is 0.964 bits per heavy atom. The van der Waals surface area contributed by atoms with Crippen LogP contribution in [0.4, 0.5) is 0 Å². The molecule has 6 heteroatoms. The van der Waals surface area contributed by atoms with Crippen LogP contribution in [0.15, 0.2) is 36.5 Å². The highest BCUT2D eigenvalue weighted by molar-refractivity contribution is 5.76. The summed E-state index contributed by atoms with van der Waals surface area (Å²) >= 11 is 0. The zero-order valence-corrected chi connectivity index (χ0v) is 56.9. The summed E-state index contributed by atoms with van der Waals surface area (Å²) in [6, 6.07) is -0.539. The van der Waals surface area contributed by atoms with Gasteiger partial charge in [0.05, 0.1) is 25.4 Å². The van der Waals surface area contributed by atoms with Gasteiger partial charge in [0.25, 0.3) is 0 Å². The molecule has 0 aromatic heterocycles. The van der Waals surface area contributed by atoms with E-state index in [1.807, 2.05) is 0 Å². The van der Waals surface area contributed by atoms with Crippen LogP contribution in [0.1, 0.15) is 425 Å². The topological polar surface area (TPSA) is 95.9 Å². The predicted octanol–water partition coefficient (Wildman–Crippen LogP) is 25.0. The summed E-state index contributed by atoms with van der Waals surface area (Å²) in [5, 5.41) is 23.4. The van der Waals surface area contributed by atoms with Crippen LogP contribution in [0, 0.1) is 0 Å². The second kappa shape index (κ2) is 73.5. The third-order valence-corrected chi connectivity index (χ3v) is 17.9. The monoisotopic (exact) mass is 1180 g/mol. The van der Waals surface area contributed by atoms with Crippen LogP contribution in [0.2, 0.25) is 0 Å². The minimum atomic E-state index is -0.662. The third-order valence-electron chi connectivity index (χ3n) is 17.9. The van der Waals surface area contributed by atoms with Gasteiger partial charge < -0.3 is 20.3 Å². The molecular weight excluding hydrogens is 1030 g/mol. The van der Waals surface area contributed by atoms with E-state index in [1.165, 1.54) is 340 Å². The molecule has 496 valence electrons. The molecule has 0 aliphatic carbocycles. The molecule has 0 heterocycles. The van der Waals surface area contributed by atoms with E-state index in [4.69, 9.17) is 4.74 Å². The average Bonchev–Trinajstić information content (AvgIpc) is 3.51. The second-order valence-corrected chi connectivity index (χ2v) is 26.3. The number of aliphatic hydroxyl groups is 2. The number of hydrogen-bond acceptors (Lipinski definition) is 5. The summed E-state index contributed by atoms with van der Waals surface area (Å²) in [5.41, 5.74) is 0. The minimum Gasteiger partial charge on any atom is -0.466 e. The van der Waals surface area contributed by atoms with Gasteiger partial charge in [0.1, 0.15) is 0 Å². The van der Waals surface area contributed by atoms with Gasteiger partial charge in [-0.2, -0.15) is 0 Å². The van der Waals surface area contributed by atoms with E-state index in [-0.39, 0.29) is 18.5 Å². The van der Waals surface area contributed by atoms with Crippen LogP contribution in [-0.4, -0.2) is 47.4 Å². The van der Waals surface area contributed by atoms with Gasteiger partial charge in [-0.05, 0) is 77.0 Å². The molecule has 0 spiro atoms. The highest BCUT2D eigenvalue weighted by Crippen LogP contribution is 2.19. The number of ether oxygens (including phenoxy) is 1. The number of aliphatic hydroxyl groups excluding tert-OH is 2. The van der Waals surface area contributed by atoms with Gasteiger partial charge in [-0.3, -0.25) is 9.59 Å². The molecule has 2 atom stereocenters. The molecular formula is C78H149NO5. The molecule has 3 N–H and O–H groups in total. The summed E-state index contributed by atoms with van der Waals surface area (Å²) < 4.78 is 5.48. The Morgan fingerprint density at radius 1 is 0.333 bits per heavy atom. The smallest absolute Gasteiger partial charge is 0.305 e. The lowest BCUT2D eigenvalue weighted by molar-refractivity contribution is -0.143. The lowest BCUT2D eigenvalue weighted by Gasteiger charge is -2.22. The van der Waals surface area contributed by atoms with Gasteiger partial charge in [-0.15, -0.1) is 0 Å². The first-order valence-electron chi connectivity index (χ1n) is 38.2. The van der Waals surface area contributed by atoms with Gasteiger partial charge in [-0.25, -0.2) is 0 Å². The van der Waals surface area contributed by atoms with Gasteiger partial charge in [-0.1, -0.05) is 371 Å². The molecule has 0 bridgehead atoms. The number of carbonyl (C=O) groups excluding carboxylic acids is 2. The first-order valence-corrected chi connectivity index (χ1v) is 38.2. The van der Waals surface area contributed by atoms with Crippen LogP contribution >= 0.6 is 0 Å². The van der Waals surface area contributed by atoms with E-state index in [2.05, 4.69) is 55.6 Å². The van der Waals surface area contributed by atoms with Crippen LogP contribution in [-0.2, 0) is 14.3 Å². The van der Waals surface area contributed by atoms with Gasteiger partial charge in [0.2, 0.25) is 5.91 Å². The maximum Gasteiger partial charge on any atom is 0.305 e. The van der Waals surface area contributed by atoms with Crippen molar-refractivity contribution in [3.63, 3.8) is 0 Å². The SMILES string of the molecule is CCC/C=C\C/C=C\CCCCCCCC(=O)OCCCCCCCCCCCCCCCCCC/C=C\CCCCCCCCCCCCCCCCCCCC(=O)NC(CO)C(O)CCCCCCCCCCCCCCCCCCC. The van der Waals surface area contributed by atoms with Crippen molar-refractivity contribution in [1.29, 1.82) is 0 Å². The van der Waals surface area contributed by atoms with Gasteiger partial charge in [0.15, 0.2) is 0 Å². The molecule has 0 aliphatic rings. The largest absolute Gasteiger partial charge is 0.466 e. The van der Waals surface area contributed by atoms with Crippen molar-refractivity contribution in [2.75, 3.05) is 13.2 Å². The molecule has 0 radical (unpaired) electrons. The van der Waals surface area contributed by atoms with Crippen molar-refractivity contribution in [3.8, 4) is 0 Å². The molecule has 1 amide bonds. The zero-order valence-electron chi connectivity index (χ0n) is 56.9. The molecule has 0 saturated heterocycles. The second-order valence-electron chi connectivity index (χ2n) is 26.3. The summed E-state index contributed by atoms with van der Waals surface area (Å²) in [6.45, 7) is 4.92. The summed E-state index contributed by atoms with van der Waals surface area (Å²) in [6.07, 6.45) is 95.2. The Morgan fingerprint density at radius 2 is 0.619 bits per heavy atom. The number of esters is 1. The van der Waals surface area contributed by atoms with Gasteiger partial charge in [0, 0.05) is 12.8 Å². The first kappa shape index (κ1) is 82.1.